The van der Waals surface area contributed by atoms with Gasteiger partial charge in [-0.1, -0.05) is 0 Å². The standard InChI is InChI=1S/C18H25N5O2/c1-14-6-7-17(21-20-14)23-13-16(18-15(23)5-2-11-25-18)24-12-4-10-22-9-3-8-19-22/h3,6-9,15-16,18H,2,4-5,10-13H2,1H3/t15-,16-,18+/m1/s1. The first-order valence-corrected chi connectivity index (χ1v) is 9.09. The number of rotatable bonds is 6. The van der Waals surface area contributed by atoms with Crippen LogP contribution in [0, 0.1) is 6.92 Å². The van der Waals surface area contributed by atoms with Crippen molar-refractivity contribution in [2.75, 3.05) is 24.7 Å². The van der Waals surface area contributed by atoms with Crippen LogP contribution in [0.3, 0.4) is 0 Å². The van der Waals surface area contributed by atoms with Crippen LogP contribution >= 0.6 is 0 Å². The molecule has 134 valence electrons. The molecule has 0 aromatic carbocycles. The van der Waals surface area contributed by atoms with E-state index in [0.717, 1.165) is 50.5 Å². The molecule has 0 radical (unpaired) electrons. The Morgan fingerprint density at radius 3 is 3.08 bits per heavy atom. The van der Waals surface area contributed by atoms with Crippen molar-refractivity contribution in [1.82, 2.24) is 20.0 Å². The highest BCUT2D eigenvalue weighted by Gasteiger charge is 2.45. The normalized spacial score (nSPS) is 26.0. The predicted molar refractivity (Wildman–Crippen MR) is 93.5 cm³/mol. The Balaban J connectivity index is 1.37. The van der Waals surface area contributed by atoms with E-state index >= 15 is 0 Å². The molecule has 7 heteroatoms. The molecule has 2 aromatic heterocycles. The average molecular weight is 343 g/mol. The van der Waals surface area contributed by atoms with Gasteiger partial charge in [-0.25, -0.2) is 0 Å². The summed E-state index contributed by atoms with van der Waals surface area (Å²) in [6, 6.07) is 6.34. The largest absolute Gasteiger partial charge is 0.374 e. The fourth-order valence-electron chi connectivity index (χ4n) is 3.76. The van der Waals surface area contributed by atoms with E-state index in [4.69, 9.17) is 9.47 Å². The summed E-state index contributed by atoms with van der Waals surface area (Å²) < 4.78 is 14.2. The molecule has 0 amide bonds. The van der Waals surface area contributed by atoms with Gasteiger partial charge in [0.25, 0.3) is 0 Å². The van der Waals surface area contributed by atoms with Gasteiger partial charge >= 0.3 is 0 Å². The quantitative estimate of drug-likeness (QED) is 0.746. The third-order valence-corrected chi connectivity index (χ3v) is 4.98. The van der Waals surface area contributed by atoms with Crippen molar-refractivity contribution in [2.45, 2.75) is 51.0 Å². The number of hydrogen-bond acceptors (Lipinski definition) is 6. The first-order chi connectivity index (χ1) is 12.3. The van der Waals surface area contributed by atoms with Crippen molar-refractivity contribution in [1.29, 1.82) is 0 Å². The maximum atomic E-state index is 6.19. The van der Waals surface area contributed by atoms with E-state index in [0.29, 0.717) is 12.6 Å². The monoisotopic (exact) mass is 343 g/mol. The van der Waals surface area contributed by atoms with Crippen LogP contribution in [0.4, 0.5) is 5.82 Å². The molecule has 4 rings (SSSR count). The van der Waals surface area contributed by atoms with Crippen LogP contribution in [0.2, 0.25) is 0 Å². The second-order valence-electron chi connectivity index (χ2n) is 6.76. The second kappa shape index (κ2) is 7.49. The van der Waals surface area contributed by atoms with Gasteiger partial charge in [0.05, 0.1) is 11.7 Å². The summed E-state index contributed by atoms with van der Waals surface area (Å²) in [5.41, 5.74) is 0.936. The number of aromatic nitrogens is 4. The van der Waals surface area contributed by atoms with Crippen LogP contribution in [0.5, 0.6) is 0 Å². The summed E-state index contributed by atoms with van der Waals surface area (Å²) in [4.78, 5) is 2.31. The number of anilines is 1. The van der Waals surface area contributed by atoms with Crippen molar-refractivity contribution in [2.24, 2.45) is 0 Å². The lowest BCUT2D eigenvalue weighted by Crippen LogP contribution is -2.42. The number of nitrogens with zero attached hydrogens (tertiary/aromatic N) is 5. The summed E-state index contributed by atoms with van der Waals surface area (Å²) in [7, 11) is 0. The molecule has 0 spiro atoms. The highest BCUT2D eigenvalue weighted by molar-refractivity contribution is 5.42. The molecular formula is C18H25N5O2. The molecule has 25 heavy (non-hydrogen) atoms. The summed E-state index contributed by atoms with van der Waals surface area (Å²) in [5.74, 6) is 0.925. The van der Waals surface area contributed by atoms with Crippen molar-refractivity contribution in [3.8, 4) is 0 Å². The minimum Gasteiger partial charge on any atom is -0.374 e. The maximum absolute atomic E-state index is 6.19. The lowest BCUT2D eigenvalue weighted by atomic mass is 10.0. The molecule has 0 bridgehead atoms. The van der Waals surface area contributed by atoms with Gasteiger partial charge in [0, 0.05) is 38.7 Å². The summed E-state index contributed by atoms with van der Waals surface area (Å²) in [5, 5.41) is 12.8. The van der Waals surface area contributed by atoms with E-state index in [2.05, 4.69) is 20.2 Å². The number of aryl methyl sites for hydroxylation is 2. The number of fused-ring (bicyclic) bond motifs is 1. The lowest BCUT2D eigenvalue weighted by Gasteiger charge is -2.32. The molecule has 2 saturated heterocycles. The first-order valence-electron chi connectivity index (χ1n) is 9.09. The minimum atomic E-state index is 0.0889. The van der Waals surface area contributed by atoms with Crippen molar-refractivity contribution in [3.05, 3.63) is 36.3 Å². The molecule has 0 saturated carbocycles. The minimum absolute atomic E-state index is 0.0889. The van der Waals surface area contributed by atoms with Crippen molar-refractivity contribution in [3.63, 3.8) is 0 Å². The van der Waals surface area contributed by atoms with Crippen LogP contribution in [-0.4, -0.2) is 58.0 Å². The summed E-state index contributed by atoms with van der Waals surface area (Å²) >= 11 is 0. The van der Waals surface area contributed by atoms with E-state index in [9.17, 15) is 0 Å². The van der Waals surface area contributed by atoms with Gasteiger partial charge < -0.3 is 14.4 Å². The highest BCUT2D eigenvalue weighted by Crippen LogP contribution is 2.33. The zero-order chi connectivity index (χ0) is 17.1. The number of hydrogen-bond donors (Lipinski definition) is 0. The van der Waals surface area contributed by atoms with E-state index in [1.54, 1.807) is 6.20 Å². The molecule has 0 unspecified atom stereocenters. The molecule has 2 fully saturated rings. The molecule has 0 aliphatic carbocycles. The zero-order valence-corrected chi connectivity index (χ0v) is 14.6. The molecule has 2 aliphatic rings. The summed E-state index contributed by atoms with van der Waals surface area (Å²) in [6.07, 6.45) is 7.15. The van der Waals surface area contributed by atoms with Gasteiger partial charge in [-0.05, 0) is 44.4 Å². The third-order valence-electron chi connectivity index (χ3n) is 4.98. The van der Waals surface area contributed by atoms with Gasteiger partial charge in [-0.3, -0.25) is 4.68 Å². The SMILES string of the molecule is Cc1ccc(N2C[C@@H](OCCCn3cccn3)[C@H]3OCCC[C@H]32)nn1. The zero-order valence-electron chi connectivity index (χ0n) is 14.6. The molecule has 2 aliphatic heterocycles. The Morgan fingerprint density at radius 2 is 2.28 bits per heavy atom. The fraction of sp³-hybridized carbons (Fsp3) is 0.611. The molecule has 7 nitrogen and oxygen atoms in total. The van der Waals surface area contributed by atoms with Crippen LogP contribution < -0.4 is 4.90 Å². The van der Waals surface area contributed by atoms with E-state index in [1.165, 1.54) is 0 Å². The molecular weight excluding hydrogens is 318 g/mol. The number of ether oxygens (including phenoxy) is 2. The Labute approximate surface area is 147 Å². The van der Waals surface area contributed by atoms with E-state index in [-0.39, 0.29) is 12.2 Å². The maximum Gasteiger partial charge on any atom is 0.151 e. The highest BCUT2D eigenvalue weighted by atomic mass is 16.5. The van der Waals surface area contributed by atoms with Crippen LogP contribution in [0.25, 0.3) is 0 Å². The molecule has 4 heterocycles. The molecule has 2 aromatic rings. The van der Waals surface area contributed by atoms with Gasteiger partial charge in [0.2, 0.25) is 0 Å². The summed E-state index contributed by atoms with van der Waals surface area (Å²) in [6.45, 7) is 5.18. The van der Waals surface area contributed by atoms with Crippen LogP contribution in [-0.2, 0) is 16.0 Å². The molecule has 3 atom stereocenters. The Bertz CT molecular complexity index is 661. The smallest absolute Gasteiger partial charge is 0.151 e. The third kappa shape index (κ3) is 3.67. The van der Waals surface area contributed by atoms with Gasteiger partial charge in [0.1, 0.15) is 12.2 Å². The van der Waals surface area contributed by atoms with Crippen molar-refractivity contribution < 1.29 is 9.47 Å². The lowest BCUT2D eigenvalue weighted by molar-refractivity contribution is -0.0740. The van der Waals surface area contributed by atoms with E-state index < -0.39 is 0 Å². The second-order valence-corrected chi connectivity index (χ2v) is 6.76. The van der Waals surface area contributed by atoms with Gasteiger partial charge in [-0.2, -0.15) is 10.2 Å². The first kappa shape index (κ1) is 16.5. The fourth-order valence-corrected chi connectivity index (χ4v) is 3.76. The van der Waals surface area contributed by atoms with E-state index in [1.807, 2.05) is 36.0 Å². The Kier molecular flexibility index (Phi) is 4.94. The predicted octanol–water partition coefficient (Wildman–Crippen LogP) is 1.82. The Morgan fingerprint density at radius 1 is 1.32 bits per heavy atom. The van der Waals surface area contributed by atoms with Crippen LogP contribution in [0.15, 0.2) is 30.6 Å². The molecule has 0 N–H and O–H groups in total. The topological polar surface area (TPSA) is 65.3 Å². The van der Waals surface area contributed by atoms with Gasteiger partial charge in [0.15, 0.2) is 5.82 Å². The van der Waals surface area contributed by atoms with Gasteiger partial charge in [-0.15, -0.1) is 5.10 Å². The average Bonchev–Trinajstić information content (AvgIpc) is 3.28. The van der Waals surface area contributed by atoms with Crippen molar-refractivity contribution >= 4 is 5.82 Å². The Hall–Kier alpha value is -1.99. The van der Waals surface area contributed by atoms with Crippen LogP contribution in [0.1, 0.15) is 25.0 Å².